The number of carbonyl (C=O) groups is 2. The third-order valence-corrected chi connectivity index (χ3v) is 6.14. The number of amides is 1. The van der Waals surface area contributed by atoms with Crippen LogP contribution in [0.25, 0.3) is 0 Å². The molecule has 1 aromatic rings. The molecule has 0 bridgehead atoms. The minimum Gasteiger partial charge on any atom is -0.478 e. The molecular weight excluding hydrogens is 290 g/mol. The Bertz CT molecular complexity index is 665. The highest BCUT2D eigenvalue weighted by Gasteiger charge is 2.47. The van der Waals surface area contributed by atoms with Crippen molar-refractivity contribution in [1.82, 2.24) is 4.90 Å². The number of carboxylic acids is 1. The molecular formula is C19H23NO3. The van der Waals surface area contributed by atoms with Crippen molar-refractivity contribution < 1.29 is 14.7 Å². The Balaban J connectivity index is 1.60. The maximum absolute atomic E-state index is 13.2. The van der Waals surface area contributed by atoms with Crippen molar-refractivity contribution in [3.63, 3.8) is 0 Å². The minimum atomic E-state index is -0.877. The van der Waals surface area contributed by atoms with Crippen LogP contribution in [0.3, 0.4) is 0 Å². The zero-order valence-corrected chi connectivity index (χ0v) is 13.4. The van der Waals surface area contributed by atoms with Crippen molar-refractivity contribution in [2.45, 2.75) is 57.4 Å². The number of nitrogens with zero attached hydrogens (tertiary/aromatic N) is 1. The highest BCUT2D eigenvalue weighted by Crippen LogP contribution is 2.45. The second-order valence-corrected chi connectivity index (χ2v) is 7.43. The van der Waals surface area contributed by atoms with E-state index in [1.165, 1.54) is 24.8 Å². The normalized spacial score (nSPS) is 27.7. The van der Waals surface area contributed by atoms with Gasteiger partial charge in [0.1, 0.15) is 0 Å². The van der Waals surface area contributed by atoms with Crippen LogP contribution < -0.4 is 0 Å². The summed E-state index contributed by atoms with van der Waals surface area (Å²) in [5.74, 6) is -0.514. The summed E-state index contributed by atoms with van der Waals surface area (Å²) in [6, 6.07) is 5.88. The number of benzene rings is 1. The Kier molecular flexibility index (Phi) is 3.43. The summed E-state index contributed by atoms with van der Waals surface area (Å²) in [5.41, 5.74) is 2.41. The largest absolute Gasteiger partial charge is 0.478 e. The maximum atomic E-state index is 13.2. The number of carboxylic acid groups (broad SMARTS) is 1. The molecule has 0 aromatic heterocycles. The van der Waals surface area contributed by atoms with E-state index in [0.717, 1.165) is 44.2 Å². The van der Waals surface area contributed by atoms with Gasteiger partial charge in [-0.1, -0.05) is 6.07 Å². The van der Waals surface area contributed by atoms with Crippen LogP contribution in [-0.2, 0) is 17.6 Å². The molecule has 1 aliphatic heterocycles. The van der Waals surface area contributed by atoms with E-state index in [9.17, 15) is 9.59 Å². The van der Waals surface area contributed by atoms with Gasteiger partial charge in [-0.25, -0.2) is 4.79 Å². The van der Waals surface area contributed by atoms with Gasteiger partial charge in [0.2, 0.25) is 5.91 Å². The Morgan fingerprint density at radius 1 is 1.17 bits per heavy atom. The second-order valence-electron chi connectivity index (χ2n) is 7.43. The van der Waals surface area contributed by atoms with E-state index in [0.29, 0.717) is 17.5 Å². The van der Waals surface area contributed by atoms with Gasteiger partial charge in [0.25, 0.3) is 0 Å². The quantitative estimate of drug-likeness (QED) is 0.913. The smallest absolute Gasteiger partial charge is 0.335 e. The molecule has 4 rings (SSSR count). The van der Waals surface area contributed by atoms with Crippen LogP contribution in [-0.4, -0.2) is 34.5 Å². The Morgan fingerprint density at radius 2 is 2.00 bits per heavy atom. The summed E-state index contributed by atoms with van der Waals surface area (Å²) < 4.78 is 0. The van der Waals surface area contributed by atoms with Gasteiger partial charge in [0.15, 0.2) is 0 Å². The molecule has 1 saturated heterocycles. The third kappa shape index (κ3) is 2.35. The lowest BCUT2D eigenvalue weighted by Crippen LogP contribution is -2.56. The topological polar surface area (TPSA) is 57.6 Å². The van der Waals surface area contributed by atoms with Crippen LogP contribution in [0.15, 0.2) is 18.2 Å². The lowest BCUT2D eigenvalue weighted by atomic mass is 9.66. The first-order valence-electron chi connectivity index (χ1n) is 8.75. The van der Waals surface area contributed by atoms with Crippen LogP contribution in [0, 0.1) is 5.41 Å². The van der Waals surface area contributed by atoms with Crippen LogP contribution in [0.2, 0.25) is 0 Å². The van der Waals surface area contributed by atoms with Crippen LogP contribution >= 0.6 is 0 Å². The molecule has 0 unspecified atom stereocenters. The van der Waals surface area contributed by atoms with Gasteiger partial charge in [-0.05, 0) is 74.6 Å². The summed E-state index contributed by atoms with van der Waals surface area (Å²) in [6.07, 6.45) is 8.14. The first-order valence-corrected chi connectivity index (χ1v) is 8.75. The van der Waals surface area contributed by atoms with Gasteiger partial charge in [-0.15, -0.1) is 0 Å². The number of hydrogen-bond donors (Lipinski definition) is 1. The van der Waals surface area contributed by atoms with Crippen molar-refractivity contribution in [2.24, 2.45) is 5.41 Å². The number of hydrogen-bond acceptors (Lipinski definition) is 2. The van der Waals surface area contributed by atoms with Crippen molar-refractivity contribution in [3.8, 4) is 0 Å². The number of aryl methyl sites for hydroxylation is 1. The van der Waals surface area contributed by atoms with E-state index in [-0.39, 0.29) is 5.41 Å². The summed E-state index contributed by atoms with van der Waals surface area (Å²) in [5, 5.41) is 9.14. The molecule has 1 atom stereocenters. The number of piperidine rings is 1. The van der Waals surface area contributed by atoms with Gasteiger partial charge >= 0.3 is 5.97 Å². The molecule has 1 spiro atoms. The molecule has 23 heavy (non-hydrogen) atoms. The molecule has 1 heterocycles. The molecule has 2 fully saturated rings. The van der Waals surface area contributed by atoms with Crippen LogP contribution in [0.1, 0.15) is 60.0 Å². The fourth-order valence-corrected chi connectivity index (χ4v) is 4.53. The average molecular weight is 313 g/mol. The average Bonchev–Trinajstić information content (AvgIpc) is 2.49. The fourth-order valence-electron chi connectivity index (χ4n) is 4.53. The van der Waals surface area contributed by atoms with Crippen molar-refractivity contribution in [2.75, 3.05) is 6.54 Å². The predicted octanol–water partition coefficient (Wildman–Crippen LogP) is 3.03. The number of rotatable bonds is 2. The van der Waals surface area contributed by atoms with Crippen molar-refractivity contribution in [1.29, 1.82) is 0 Å². The lowest BCUT2D eigenvalue weighted by Gasteiger charge is -2.49. The standard InChI is InChI=1S/C19H23NO3/c21-17(22)14-5-6-15-12-19(9-7-13(15)11-14)8-2-10-20(18(19)23)16-3-1-4-16/h5-6,11,16H,1-4,7-10,12H2,(H,21,22)/t19-/m1/s1. The van der Waals surface area contributed by atoms with E-state index in [4.69, 9.17) is 5.11 Å². The predicted molar refractivity (Wildman–Crippen MR) is 86.4 cm³/mol. The Morgan fingerprint density at radius 3 is 2.70 bits per heavy atom. The molecule has 3 aliphatic rings. The fraction of sp³-hybridized carbons (Fsp3) is 0.579. The number of carbonyl (C=O) groups excluding carboxylic acids is 1. The molecule has 1 saturated carbocycles. The molecule has 0 radical (unpaired) electrons. The van der Waals surface area contributed by atoms with Gasteiger partial charge in [0, 0.05) is 12.6 Å². The summed E-state index contributed by atoms with van der Waals surface area (Å²) in [4.78, 5) is 26.4. The van der Waals surface area contributed by atoms with Crippen molar-refractivity contribution >= 4 is 11.9 Å². The molecule has 1 N–H and O–H groups in total. The number of fused-ring (bicyclic) bond motifs is 1. The van der Waals surface area contributed by atoms with Crippen LogP contribution in [0.4, 0.5) is 0 Å². The third-order valence-electron chi connectivity index (χ3n) is 6.14. The molecule has 2 aliphatic carbocycles. The zero-order valence-electron chi connectivity index (χ0n) is 13.4. The van der Waals surface area contributed by atoms with E-state index in [2.05, 4.69) is 4.90 Å². The van der Waals surface area contributed by atoms with E-state index >= 15 is 0 Å². The monoisotopic (exact) mass is 313 g/mol. The van der Waals surface area contributed by atoms with Gasteiger partial charge in [0.05, 0.1) is 11.0 Å². The van der Waals surface area contributed by atoms with Crippen LogP contribution in [0.5, 0.6) is 0 Å². The highest BCUT2D eigenvalue weighted by atomic mass is 16.4. The Hall–Kier alpha value is -1.84. The molecule has 1 amide bonds. The van der Waals surface area contributed by atoms with Gasteiger partial charge in [-0.2, -0.15) is 0 Å². The number of likely N-dealkylation sites (tertiary alicyclic amines) is 1. The summed E-state index contributed by atoms with van der Waals surface area (Å²) in [6.45, 7) is 0.927. The van der Waals surface area contributed by atoms with E-state index in [1.54, 1.807) is 12.1 Å². The lowest BCUT2D eigenvalue weighted by molar-refractivity contribution is -0.152. The molecule has 4 nitrogen and oxygen atoms in total. The molecule has 122 valence electrons. The van der Waals surface area contributed by atoms with Gasteiger partial charge < -0.3 is 10.0 Å². The molecule has 4 heteroatoms. The maximum Gasteiger partial charge on any atom is 0.335 e. The highest BCUT2D eigenvalue weighted by molar-refractivity contribution is 5.88. The van der Waals surface area contributed by atoms with E-state index < -0.39 is 5.97 Å². The second kappa shape index (κ2) is 5.36. The Labute approximate surface area is 136 Å². The van der Waals surface area contributed by atoms with Gasteiger partial charge in [-0.3, -0.25) is 4.79 Å². The van der Waals surface area contributed by atoms with E-state index in [1.807, 2.05) is 6.07 Å². The SMILES string of the molecule is O=C(O)c1ccc2c(c1)CC[C@]1(CCCN(C3CCC3)C1=O)C2. The first kappa shape index (κ1) is 14.7. The summed E-state index contributed by atoms with van der Waals surface area (Å²) >= 11 is 0. The van der Waals surface area contributed by atoms with Crippen molar-refractivity contribution in [3.05, 3.63) is 34.9 Å². The number of aromatic carboxylic acids is 1. The zero-order chi connectivity index (χ0) is 16.0. The first-order chi connectivity index (χ1) is 11.1. The molecule has 1 aromatic carbocycles. The summed E-state index contributed by atoms with van der Waals surface area (Å²) in [7, 11) is 0. The minimum absolute atomic E-state index is 0.231.